The van der Waals surface area contributed by atoms with Crippen molar-refractivity contribution in [3.05, 3.63) is 71.8 Å². The van der Waals surface area contributed by atoms with Crippen LogP contribution in [0.2, 0.25) is 0 Å². The number of likely N-dealkylation sites (tertiary alicyclic amines) is 1. The quantitative estimate of drug-likeness (QED) is 0.895. The van der Waals surface area contributed by atoms with Crippen molar-refractivity contribution >= 4 is 17.0 Å². The van der Waals surface area contributed by atoms with Crippen LogP contribution in [0.1, 0.15) is 24.0 Å². The van der Waals surface area contributed by atoms with Gasteiger partial charge in [-0.05, 0) is 36.9 Å². The first-order valence-corrected chi connectivity index (χ1v) is 7.80. The number of β-amino-alcohol motifs (C(OH)–C–C–N with tert-alkyl or cyclic N) is 1. The molecule has 118 valence electrons. The van der Waals surface area contributed by atoms with Crippen LogP contribution in [-0.2, 0) is 12.0 Å². The summed E-state index contributed by atoms with van der Waals surface area (Å²) < 4.78 is 0. The summed E-state index contributed by atoms with van der Waals surface area (Å²) in [6.07, 6.45) is 2.96. The largest absolute Gasteiger partial charge is 0.384 e. The number of aliphatic hydroxyl groups is 1. The molecule has 3 rings (SSSR count). The van der Waals surface area contributed by atoms with Crippen molar-refractivity contribution in [1.29, 1.82) is 0 Å². The minimum Gasteiger partial charge on any atom is -0.384 e. The summed E-state index contributed by atoms with van der Waals surface area (Å²) in [5.74, 6) is 0. The van der Waals surface area contributed by atoms with E-state index in [9.17, 15) is 5.11 Å². The van der Waals surface area contributed by atoms with Gasteiger partial charge in [0.25, 0.3) is 0 Å². The van der Waals surface area contributed by atoms with Crippen LogP contribution < -0.4 is 0 Å². The van der Waals surface area contributed by atoms with E-state index in [2.05, 4.69) is 35.2 Å². The average molecular weight is 362 g/mol. The van der Waals surface area contributed by atoms with Gasteiger partial charge in [0.1, 0.15) is 5.60 Å². The van der Waals surface area contributed by atoms with Gasteiger partial charge in [0.15, 0.2) is 0 Å². The van der Waals surface area contributed by atoms with Gasteiger partial charge in [0.05, 0.1) is 0 Å². The summed E-state index contributed by atoms with van der Waals surface area (Å²) in [5, 5.41) is 11.0. The van der Waals surface area contributed by atoms with Gasteiger partial charge in [-0.15, -0.1) is 17.0 Å². The Morgan fingerprint density at radius 3 is 2.27 bits per heavy atom. The minimum atomic E-state index is -0.684. The smallest absolute Gasteiger partial charge is 0.102 e. The molecule has 2 nitrogen and oxygen atoms in total. The van der Waals surface area contributed by atoms with Crippen molar-refractivity contribution in [3.8, 4) is 0 Å². The number of hydrogen-bond acceptors (Lipinski definition) is 2. The van der Waals surface area contributed by atoms with E-state index in [0.717, 1.165) is 44.5 Å². The molecular weight excluding hydrogens is 338 g/mol. The van der Waals surface area contributed by atoms with Crippen molar-refractivity contribution in [3.63, 3.8) is 0 Å². The Hall–Kier alpha value is -1.16. The standard InChI is InChI=1S/C19H23NO.BrH/c21-19(18-10-5-2-6-11-18)13-7-14-20(16-19)15-12-17-8-3-1-4-9-17;/h1-6,8-11,21H,7,12-16H2;1H. The molecule has 2 aromatic carbocycles. The summed E-state index contributed by atoms with van der Waals surface area (Å²) in [6, 6.07) is 20.7. The molecule has 0 radical (unpaired) electrons. The van der Waals surface area contributed by atoms with Gasteiger partial charge in [-0.2, -0.15) is 0 Å². The van der Waals surface area contributed by atoms with E-state index >= 15 is 0 Å². The molecule has 1 unspecified atom stereocenters. The summed E-state index contributed by atoms with van der Waals surface area (Å²) in [7, 11) is 0. The van der Waals surface area contributed by atoms with Crippen LogP contribution in [0.4, 0.5) is 0 Å². The molecule has 22 heavy (non-hydrogen) atoms. The Kier molecular flexibility index (Phi) is 6.18. The molecule has 0 bridgehead atoms. The Bertz CT molecular complexity index is 560. The molecule has 0 aliphatic carbocycles. The van der Waals surface area contributed by atoms with Gasteiger partial charge in [-0.1, -0.05) is 60.7 Å². The lowest BCUT2D eigenvalue weighted by Crippen LogP contribution is -2.46. The van der Waals surface area contributed by atoms with Gasteiger partial charge in [-0.25, -0.2) is 0 Å². The highest BCUT2D eigenvalue weighted by atomic mass is 79.9. The van der Waals surface area contributed by atoms with Gasteiger partial charge in [0.2, 0.25) is 0 Å². The van der Waals surface area contributed by atoms with Crippen molar-refractivity contribution in [2.45, 2.75) is 24.9 Å². The third-order valence-corrected chi connectivity index (χ3v) is 4.42. The third-order valence-electron chi connectivity index (χ3n) is 4.42. The molecule has 1 atom stereocenters. The molecule has 1 saturated heterocycles. The molecule has 1 N–H and O–H groups in total. The molecule has 0 spiro atoms. The van der Waals surface area contributed by atoms with E-state index in [1.165, 1.54) is 5.56 Å². The van der Waals surface area contributed by atoms with E-state index in [-0.39, 0.29) is 17.0 Å². The zero-order valence-electron chi connectivity index (χ0n) is 12.8. The first-order valence-electron chi connectivity index (χ1n) is 7.80. The van der Waals surface area contributed by atoms with E-state index in [1.54, 1.807) is 0 Å². The van der Waals surface area contributed by atoms with Gasteiger partial charge >= 0.3 is 0 Å². The summed E-state index contributed by atoms with van der Waals surface area (Å²) in [6.45, 7) is 2.84. The Morgan fingerprint density at radius 2 is 1.59 bits per heavy atom. The first-order chi connectivity index (χ1) is 10.3. The van der Waals surface area contributed by atoms with E-state index in [0.29, 0.717) is 0 Å². The number of hydrogen-bond donors (Lipinski definition) is 1. The van der Waals surface area contributed by atoms with Crippen LogP contribution in [0.5, 0.6) is 0 Å². The highest BCUT2D eigenvalue weighted by molar-refractivity contribution is 8.93. The minimum absolute atomic E-state index is 0. The van der Waals surface area contributed by atoms with Gasteiger partial charge in [-0.3, -0.25) is 4.90 Å². The van der Waals surface area contributed by atoms with Gasteiger partial charge in [0, 0.05) is 13.1 Å². The number of rotatable bonds is 4. The zero-order chi connectivity index (χ0) is 14.5. The van der Waals surface area contributed by atoms with E-state index < -0.39 is 5.60 Å². The second kappa shape index (κ2) is 7.91. The molecule has 1 aliphatic rings. The van der Waals surface area contributed by atoms with Crippen molar-refractivity contribution in [1.82, 2.24) is 4.90 Å². The Morgan fingerprint density at radius 1 is 0.955 bits per heavy atom. The summed E-state index contributed by atoms with van der Waals surface area (Å²) in [4.78, 5) is 2.39. The molecule has 1 fully saturated rings. The van der Waals surface area contributed by atoms with E-state index in [4.69, 9.17) is 0 Å². The van der Waals surface area contributed by atoms with E-state index in [1.807, 2.05) is 30.3 Å². The fourth-order valence-electron chi connectivity index (χ4n) is 3.23. The van der Waals surface area contributed by atoms with Crippen LogP contribution in [0.15, 0.2) is 60.7 Å². The molecular formula is C19H24BrNO. The maximum absolute atomic E-state index is 11.0. The molecule has 1 heterocycles. The van der Waals surface area contributed by atoms with Crippen molar-refractivity contribution in [2.24, 2.45) is 0 Å². The highest BCUT2D eigenvalue weighted by Crippen LogP contribution is 2.31. The van der Waals surface area contributed by atoms with Crippen molar-refractivity contribution in [2.75, 3.05) is 19.6 Å². The lowest BCUT2D eigenvalue weighted by Gasteiger charge is -2.39. The highest BCUT2D eigenvalue weighted by Gasteiger charge is 2.34. The maximum atomic E-state index is 11.0. The molecule has 0 amide bonds. The normalized spacial score (nSPS) is 22.0. The predicted molar refractivity (Wildman–Crippen MR) is 96.5 cm³/mol. The Balaban J connectivity index is 0.00000176. The SMILES string of the molecule is Br.OC1(c2ccccc2)CCCN(CCc2ccccc2)C1. The number of benzene rings is 2. The zero-order valence-corrected chi connectivity index (χ0v) is 14.5. The van der Waals surface area contributed by atoms with Crippen LogP contribution in [0.25, 0.3) is 0 Å². The van der Waals surface area contributed by atoms with Crippen LogP contribution in [0.3, 0.4) is 0 Å². The predicted octanol–water partition coefficient (Wildman–Crippen LogP) is 3.79. The van der Waals surface area contributed by atoms with Crippen LogP contribution >= 0.6 is 17.0 Å². The number of piperidine rings is 1. The first kappa shape index (κ1) is 17.2. The lowest BCUT2D eigenvalue weighted by atomic mass is 9.85. The fourth-order valence-corrected chi connectivity index (χ4v) is 3.23. The second-order valence-corrected chi connectivity index (χ2v) is 6.01. The second-order valence-electron chi connectivity index (χ2n) is 6.01. The fraction of sp³-hybridized carbons (Fsp3) is 0.368. The molecule has 0 saturated carbocycles. The van der Waals surface area contributed by atoms with Crippen molar-refractivity contribution < 1.29 is 5.11 Å². The molecule has 2 aromatic rings. The monoisotopic (exact) mass is 361 g/mol. The third kappa shape index (κ3) is 4.19. The topological polar surface area (TPSA) is 23.5 Å². The van der Waals surface area contributed by atoms with Crippen LogP contribution in [0, 0.1) is 0 Å². The van der Waals surface area contributed by atoms with Crippen LogP contribution in [-0.4, -0.2) is 29.6 Å². The van der Waals surface area contributed by atoms with Gasteiger partial charge < -0.3 is 5.11 Å². The molecule has 3 heteroatoms. The molecule has 0 aromatic heterocycles. The average Bonchev–Trinajstić information content (AvgIpc) is 2.55. The lowest BCUT2D eigenvalue weighted by molar-refractivity contribution is -0.0352. The number of nitrogens with zero attached hydrogens (tertiary/aromatic N) is 1. The molecule has 1 aliphatic heterocycles. The maximum Gasteiger partial charge on any atom is 0.102 e. The summed E-state index contributed by atoms with van der Waals surface area (Å²) in [5.41, 5.74) is 1.73. The Labute approximate surface area is 143 Å². The number of halogens is 1. The summed E-state index contributed by atoms with van der Waals surface area (Å²) >= 11 is 0.